The van der Waals surface area contributed by atoms with E-state index in [1.54, 1.807) is 0 Å². The number of imide groups is 1. The van der Waals surface area contributed by atoms with Crippen molar-refractivity contribution in [2.45, 2.75) is 37.8 Å². The van der Waals surface area contributed by atoms with Gasteiger partial charge in [-0.1, -0.05) is 42.5 Å². The van der Waals surface area contributed by atoms with Gasteiger partial charge in [0.25, 0.3) is 0 Å². The molecule has 0 unspecified atom stereocenters. The lowest BCUT2D eigenvalue weighted by Gasteiger charge is -2.35. The first-order valence-electron chi connectivity index (χ1n) is 9.49. The molecule has 2 amide bonds. The van der Waals surface area contributed by atoms with Crippen LogP contribution in [0.3, 0.4) is 0 Å². The summed E-state index contributed by atoms with van der Waals surface area (Å²) in [6.45, 7) is 1.91. The van der Waals surface area contributed by atoms with E-state index >= 15 is 0 Å². The van der Waals surface area contributed by atoms with Crippen molar-refractivity contribution in [2.24, 2.45) is 0 Å². The average molecular weight is 366 g/mol. The Bertz CT molecular complexity index is 814. The molecule has 2 aromatic carbocycles. The number of amides is 2. The van der Waals surface area contributed by atoms with E-state index in [4.69, 9.17) is 0 Å². The fourth-order valence-electron chi connectivity index (χ4n) is 4.16. The maximum absolute atomic E-state index is 13.1. The van der Waals surface area contributed by atoms with E-state index in [1.165, 1.54) is 17.0 Å². The first-order chi connectivity index (χ1) is 13.1. The molecule has 1 atom stereocenters. The van der Waals surface area contributed by atoms with E-state index in [0.29, 0.717) is 12.5 Å². The molecule has 4 nitrogen and oxygen atoms in total. The van der Waals surface area contributed by atoms with Crippen LogP contribution in [0.2, 0.25) is 0 Å². The summed E-state index contributed by atoms with van der Waals surface area (Å²) in [7, 11) is 0. The van der Waals surface area contributed by atoms with Crippen molar-refractivity contribution >= 4 is 11.8 Å². The van der Waals surface area contributed by atoms with Crippen LogP contribution in [0.15, 0.2) is 54.6 Å². The maximum Gasteiger partial charge on any atom is 0.247 e. The van der Waals surface area contributed by atoms with Crippen LogP contribution < -0.4 is 0 Å². The minimum atomic E-state index is -0.338. The number of carbonyl (C=O) groups is 2. The summed E-state index contributed by atoms with van der Waals surface area (Å²) in [5, 5.41) is 0. The molecule has 5 heteroatoms. The van der Waals surface area contributed by atoms with Gasteiger partial charge in [-0.15, -0.1) is 0 Å². The smallest absolute Gasteiger partial charge is 0.247 e. The predicted molar refractivity (Wildman–Crippen MR) is 100 cm³/mol. The third-order valence-electron chi connectivity index (χ3n) is 5.72. The number of piperidine rings is 1. The van der Waals surface area contributed by atoms with Crippen LogP contribution >= 0.6 is 0 Å². The molecule has 27 heavy (non-hydrogen) atoms. The summed E-state index contributed by atoms with van der Waals surface area (Å²) in [5.74, 6) is -0.00201. The molecule has 4 rings (SSSR count). The summed E-state index contributed by atoms with van der Waals surface area (Å²) in [6, 6.07) is 16.0. The number of nitrogens with zero attached hydrogens (tertiary/aromatic N) is 2. The topological polar surface area (TPSA) is 40.6 Å². The summed E-state index contributed by atoms with van der Waals surface area (Å²) in [5.41, 5.74) is 2.12. The van der Waals surface area contributed by atoms with Crippen molar-refractivity contribution in [1.82, 2.24) is 9.80 Å². The molecule has 2 aliphatic rings. The van der Waals surface area contributed by atoms with Gasteiger partial charge in [0.05, 0.1) is 19.0 Å². The van der Waals surface area contributed by atoms with Crippen molar-refractivity contribution in [2.75, 3.05) is 13.1 Å². The van der Waals surface area contributed by atoms with Crippen LogP contribution in [0, 0.1) is 5.82 Å². The number of benzene rings is 2. The zero-order valence-corrected chi connectivity index (χ0v) is 15.2. The van der Waals surface area contributed by atoms with E-state index in [9.17, 15) is 14.0 Å². The maximum atomic E-state index is 13.1. The molecule has 0 radical (unpaired) electrons. The van der Waals surface area contributed by atoms with Gasteiger partial charge in [0.2, 0.25) is 11.8 Å². The molecule has 140 valence electrons. The Morgan fingerprint density at radius 3 is 2.26 bits per heavy atom. The molecular weight excluding hydrogens is 343 g/mol. The van der Waals surface area contributed by atoms with Crippen LogP contribution in [0.25, 0.3) is 0 Å². The van der Waals surface area contributed by atoms with E-state index in [-0.39, 0.29) is 30.1 Å². The highest BCUT2D eigenvalue weighted by Crippen LogP contribution is 2.31. The van der Waals surface area contributed by atoms with Crippen molar-refractivity contribution < 1.29 is 14.0 Å². The fourth-order valence-corrected chi connectivity index (χ4v) is 4.16. The molecule has 0 aliphatic carbocycles. The SMILES string of the molecule is O=C1C[C@@H](N2CCC(c3ccc(F)cc3)CC2)C(=O)N1Cc1ccccc1. The van der Waals surface area contributed by atoms with Gasteiger partial charge < -0.3 is 0 Å². The molecule has 0 aromatic heterocycles. The van der Waals surface area contributed by atoms with E-state index in [1.807, 2.05) is 42.5 Å². The van der Waals surface area contributed by atoms with Gasteiger partial charge >= 0.3 is 0 Å². The molecule has 2 heterocycles. The lowest BCUT2D eigenvalue weighted by atomic mass is 9.89. The van der Waals surface area contributed by atoms with Crippen LogP contribution in [0.5, 0.6) is 0 Å². The van der Waals surface area contributed by atoms with Crippen molar-refractivity contribution in [3.63, 3.8) is 0 Å². The molecule has 0 spiro atoms. The average Bonchev–Trinajstić information content (AvgIpc) is 2.98. The van der Waals surface area contributed by atoms with Crippen LogP contribution in [-0.2, 0) is 16.1 Å². The first kappa shape index (κ1) is 17.9. The van der Waals surface area contributed by atoms with E-state index < -0.39 is 0 Å². The number of rotatable bonds is 4. The molecule has 0 saturated carbocycles. The molecule has 2 saturated heterocycles. The van der Waals surface area contributed by atoms with Gasteiger partial charge in [0.15, 0.2) is 0 Å². The largest absolute Gasteiger partial charge is 0.291 e. The number of carbonyl (C=O) groups excluding carboxylic acids is 2. The highest BCUT2D eigenvalue weighted by molar-refractivity contribution is 6.05. The standard InChI is InChI=1S/C22H23FN2O2/c23-19-8-6-17(7-9-19)18-10-12-24(13-11-18)20-14-21(26)25(22(20)27)15-16-4-2-1-3-5-16/h1-9,18,20H,10-15H2/t20-/m1/s1. The number of likely N-dealkylation sites (tertiary alicyclic amines) is 2. The second-order valence-corrected chi connectivity index (χ2v) is 7.39. The zero-order chi connectivity index (χ0) is 18.8. The number of halogens is 1. The van der Waals surface area contributed by atoms with Gasteiger partial charge in [-0.3, -0.25) is 19.4 Å². The van der Waals surface area contributed by atoms with Crippen LogP contribution in [0.4, 0.5) is 4.39 Å². The minimum absolute atomic E-state index is 0.0796. The van der Waals surface area contributed by atoms with Crippen molar-refractivity contribution in [3.8, 4) is 0 Å². The van der Waals surface area contributed by atoms with E-state index in [2.05, 4.69) is 4.90 Å². The van der Waals surface area contributed by atoms with Gasteiger partial charge in [-0.2, -0.15) is 0 Å². The monoisotopic (exact) mass is 366 g/mol. The second kappa shape index (κ2) is 7.61. The number of hydrogen-bond donors (Lipinski definition) is 0. The lowest BCUT2D eigenvalue weighted by Crippen LogP contribution is -2.45. The van der Waals surface area contributed by atoms with Crippen LogP contribution in [0.1, 0.15) is 36.3 Å². The fraction of sp³-hybridized carbons (Fsp3) is 0.364. The lowest BCUT2D eigenvalue weighted by molar-refractivity contribution is -0.140. The van der Waals surface area contributed by atoms with Gasteiger partial charge in [0.1, 0.15) is 5.82 Å². The third-order valence-corrected chi connectivity index (χ3v) is 5.72. The van der Waals surface area contributed by atoms with Gasteiger partial charge in [-0.05, 0) is 55.1 Å². The molecule has 0 bridgehead atoms. The zero-order valence-electron chi connectivity index (χ0n) is 15.2. The highest BCUT2D eigenvalue weighted by Gasteiger charge is 2.42. The molecule has 0 N–H and O–H groups in total. The Labute approximate surface area is 158 Å². The van der Waals surface area contributed by atoms with Gasteiger partial charge in [-0.25, -0.2) is 4.39 Å². The van der Waals surface area contributed by atoms with E-state index in [0.717, 1.165) is 37.1 Å². The molecule has 2 aromatic rings. The molecule has 2 aliphatic heterocycles. The summed E-state index contributed by atoms with van der Waals surface area (Å²) >= 11 is 0. The summed E-state index contributed by atoms with van der Waals surface area (Å²) in [4.78, 5) is 28.8. The Hall–Kier alpha value is -2.53. The predicted octanol–water partition coefficient (Wildman–Crippen LogP) is 3.33. The summed E-state index contributed by atoms with van der Waals surface area (Å²) < 4.78 is 13.1. The Kier molecular flexibility index (Phi) is 5.03. The molecular formula is C22H23FN2O2. The third kappa shape index (κ3) is 3.78. The van der Waals surface area contributed by atoms with Crippen molar-refractivity contribution in [1.29, 1.82) is 0 Å². The van der Waals surface area contributed by atoms with Crippen molar-refractivity contribution in [3.05, 3.63) is 71.5 Å². The van der Waals surface area contributed by atoms with Crippen LogP contribution in [-0.4, -0.2) is 40.7 Å². The first-order valence-corrected chi connectivity index (χ1v) is 9.49. The highest BCUT2D eigenvalue weighted by atomic mass is 19.1. The Morgan fingerprint density at radius 1 is 0.926 bits per heavy atom. The normalized spacial score (nSPS) is 21.8. The van der Waals surface area contributed by atoms with Gasteiger partial charge in [0, 0.05) is 0 Å². The summed E-state index contributed by atoms with van der Waals surface area (Å²) in [6.07, 6.45) is 2.11. The Balaban J connectivity index is 1.38. The minimum Gasteiger partial charge on any atom is -0.291 e. The Morgan fingerprint density at radius 2 is 1.59 bits per heavy atom. The second-order valence-electron chi connectivity index (χ2n) is 7.39. The quantitative estimate of drug-likeness (QED) is 0.780. The number of hydrogen-bond acceptors (Lipinski definition) is 3. The molecule has 2 fully saturated rings.